The average molecular weight is 359 g/mol. The molecule has 138 valence electrons. The fraction of sp³-hybridized carbons (Fsp3) is 0.444. The van der Waals surface area contributed by atoms with Crippen molar-refractivity contribution in [2.75, 3.05) is 19.7 Å². The number of amides is 1. The zero-order valence-corrected chi connectivity index (χ0v) is 15.0. The van der Waals surface area contributed by atoms with Crippen LogP contribution in [0, 0.1) is 0 Å². The molecule has 2 heterocycles. The number of carbonyl (C=O) groups is 2. The first-order chi connectivity index (χ1) is 12.4. The van der Waals surface area contributed by atoms with Crippen LogP contribution in [0.2, 0.25) is 0 Å². The molecule has 1 fully saturated rings. The Hall–Kier alpha value is -2.74. The highest BCUT2D eigenvalue weighted by atomic mass is 16.5. The molecule has 0 saturated carbocycles. The minimum Gasteiger partial charge on any atom is -0.451 e. The molecule has 0 unspecified atom stereocenters. The lowest BCUT2D eigenvalue weighted by atomic mass is 10.1. The number of rotatable bonds is 3. The number of ether oxygens (including phenoxy) is 2. The maximum atomic E-state index is 12.4. The molecule has 1 amide bonds. The summed E-state index contributed by atoms with van der Waals surface area (Å²) in [7, 11) is 1.47. The quantitative estimate of drug-likeness (QED) is 0.751. The van der Waals surface area contributed by atoms with E-state index in [1.807, 2.05) is 13.8 Å². The number of aromatic nitrogens is 2. The molecule has 1 aliphatic heterocycles. The Bertz CT molecular complexity index is 897. The van der Waals surface area contributed by atoms with E-state index in [0.717, 1.165) is 4.68 Å². The third-order valence-corrected chi connectivity index (χ3v) is 4.25. The minimum absolute atomic E-state index is 0.0132. The molecule has 8 heteroatoms. The molecule has 0 bridgehead atoms. The van der Waals surface area contributed by atoms with E-state index in [1.165, 1.54) is 7.05 Å². The van der Waals surface area contributed by atoms with Crippen LogP contribution in [0.15, 0.2) is 29.1 Å². The molecule has 0 radical (unpaired) electrons. The summed E-state index contributed by atoms with van der Waals surface area (Å²) in [6.07, 6.45) is -0.125. The average Bonchev–Trinajstić information content (AvgIpc) is 2.61. The molecular weight excluding hydrogens is 338 g/mol. The van der Waals surface area contributed by atoms with Gasteiger partial charge >= 0.3 is 5.97 Å². The number of esters is 1. The number of nitrogens with zero attached hydrogens (tertiary/aromatic N) is 3. The summed E-state index contributed by atoms with van der Waals surface area (Å²) in [6.45, 7) is 4.32. The Morgan fingerprint density at radius 1 is 1.19 bits per heavy atom. The SMILES string of the molecule is C[C@H]1CN(C(=O)COC(=O)c2nn(C)c(=O)c3ccccc23)C[C@H](C)O1. The Balaban J connectivity index is 1.75. The second kappa shape index (κ2) is 7.25. The maximum absolute atomic E-state index is 12.4. The summed E-state index contributed by atoms with van der Waals surface area (Å²) in [5.41, 5.74) is -0.288. The lowest BCUT2D eigenvalue weighted by Gasteiger charge is -2.35. The van der Waals surface area contributed by atoms with Crippen LogP contribution < -0.4 is 5.56 Å². The van der Waals surface area contributed by atoms with Crippen molar-refractivity contribution in [1.29, 1.82) is 0 Å². The van der Waals surface area contributed by atoms with Gasteiger partial charge in [-0.05, 0) is 19.9 Å². The predicted molar refractivity (Wildman–Crippen MR) is 93.9 cm³/mol. The van der Waals surface area contributed by atoms with Crippen LogP contribution in [0.3, 0.4) is 0 Å². The van der Waals surface area contributed by atoms with Crippen molar-refractivity contribution < 1.29 is 19.1 Å². The van der Waals surface area contributed by atoms with Gasteiger partial charge in [0.05, 0.1) is 17.6 Å². The standard InChI is InChI=1S/C18H21N3O5/c1-11-8-21(9-12(2)26-11)15(22)10-25-18(24)16-13-6-4-5-7-14(13)17(23)20(3)19-16/h4-7,11-12H,8-10H2,1-3H3/t11-,12-/m0/s1. The molecule has 0 spiro atoms. The molecule has 1 aliphatic rings. The largest absolute Gasteiger partial charge is 0.451 e. The van der Waals surface area contributed by atoms with Crippen molar-refractivity contribution in [3.8, 4) is 0 Å². The van der Waals surface area contributed by atoms with Crippen LogP contribution in [0.4, 0.5) is 0 Å². The van der Waals surface area contributed by atoms with Gasteiger partial charge in [-0.1, -0.05) is 18.2 Å². The third kappa shape index (κ3) is 3.60. The van der Waals surface area contributed by atoms with Crippen molar-refractivity contribution in [2.45, 2.75) is 26.1 Å². The topological polar surface area (TPSA) is 90.7 Å². The molecule has 3 rings (SSSR count). The zero-order chi connectivity index (χ0) is 18.8. The number of morpholine rings is 1. The summed E-state index contributed by atoms with van der Waals surface area (Å²) in [5.74, 6) is -1.02. The molecule has 1 aromatic heterocycles. The normalized spacial score (nSPS) is 20.2. The van der Waals surface area contributed by atoms with Crippen molar-refractivity contribution in [3.05, 3.63) is 40.3 Å². The van der Waals surface area contributed by atoms with E-state index < -0.39 is 5.97 Å². The van der Waals surface area contributed by atoms with E-state index in [2.05, 4.69) is 5.10 Å². The van der Waals surface area contributed by atoms with E-state index in [0.29, 0.717) is 23.9 Å². The molecule has 0 N–H and O–H groups in total. The Kier molecular flexibility index (Phi) is 5.03. The van der Waals surface area contributed by atoms with Crippen molar-refractivity contribution in [1.82, 2.24) is 14.7 Å². The van der Waals surface area contributed by atoms with Gasteiger partial charge in [0.25, 0.3) is 11.5 Å². The lowest BCUT2D eigenvalue weighted by molar-refractivity contribution is -0.146. The summed E-state index contributed by atoms with van der Waals surface area (Å²) in [4.78, 5) is 38.5. The van der Waals surface area contributed by atoms with Gasteiger partial charge in [0, 0.05) is 25.5 Å². The molecule has 2 atom stereocenters. The van der Waals surface area contributed by atoms with Gasteiger partial charge < -0.3 is 14.4 Å². The monoisotopic (exact) mass is 359 g/mol. The van der Waals surface area contributed by atoms with Crippen molar-refractivity contribution in [3.63, 3.8) is 0 Å². The summed E-state index contributed by atoms with van der Waals surface area (Å²) in [6, 6.07) is 6.68. The van der Waals surface area contributed by atoms with Gasteiger partial charge in [-0.25, -0.2) is 9.48 Å². The third-order valence-electron chi connectivity index (χ3n) is 4.25. The summed E-state index contributed by atoms with van der Waals surface area (Å²) < 4.78 is 11.8. The zero-order valence-electron chi connectivity index (χ0n) is 15.0. The second-order valence-electron chi connectivity index (χ2n) is 6.46. The fourth-order valence-corrected chi connectivity index (χ4v) is 3.12. The van der Waals surface area contributed by atoms with Crippen LogP contribution in [0.1, 0.15) is 24.3 Å². The van der Waals surface area contributed by atoms with E-state index in [1.54, 1.807) is 29.2 Å². The number of benzene rings is 1. The van der Waals surface area contributed by atoms with Crippen LogP contribution in [-0.2, 0) is 21.3 Å². The Labute approximate surface area is 150 Å². The maximum Gasteiger partial charge on any atom is 0.359 e. The minimum atomic E-state index is -0.737. The highest BCUT2D eigenvalue weighted by Crippen LogP contribution is 2.15. The number of fused-ring (bicyclic) bond motifs is 1. The van der Waals surface area contributed by atoms with E-state index in [-0.39, 0.29) is 36.0 Å². The van der Waals surface area contributed by atoms with Gasteiger partial charge in [0.1, 0.15) is 0 Å². The first kappa shape index (κ1) is 18.1. The van der Waals surface area contributed by atoms with Crippen LogP contribution >= 0.6 is 0 Å². The Morgan fingerprint density at radius 2 is 1.81 bits per heavy atom. The molecular formula is C18H21N3O5. The molecule has 8 nitrogen and oxygen atoms in total. The van der Waals surface area contributed by atoms with Crippen LogP contribution in [0.25, 0.3) is 10.8 Å². The second-order valence-corrected chi connectivity index (χ2v) is 6.46. The van der Waals surface area contributed by atoms with E-state index in [9.17, 15) is 14.4 Å². The molecule has 0 aliphatic carbocycles. The molecule has 1 aromatic carbocycles. The van der Waals surface area contributed by atoms with Gasteiger partial charge in [-0.15, -0.1) is 0 Å². The van der Waals surface area contributed by atoms with Crippen molar-refractivity contribution >= 4 is 22.6 Å². The number of hydrogen-bond donors (Lipinski definition) is 0. The smallest absolute Gasteiger partial charge is 0.359 e. The summed E-state index contributed by atoms with van der Waals surface area (Å²) in [5, 5.41) is 4.78. The highest BCUT2D eigenvalue weighted by Gasteiger charge is 2.27. The highest BCUT2D eigenvalue weighted by molar-refractivity contribution is 6.02. The molecule has 1 saturated heterocycles. The first-order valence-electron chi connectivity index (χ1n) is 8.43. The lowest BCUT2D eigenvalue weighted by Crippen LogP contribution is -2.49. The van der Waals surface area contributed by atoms with Gasteiger partial charge in [-0.2, -0.15) is 5.10 Å². The van der Waals surface area contributed by atoms with Crippen LogP contribution in [-0.4, -0.2) is 58.5 Å². The van der Waals surface area contributed by atoms with Gasteiger partial charge in [0.2, 0.25) is 0 Å². The van der Waals surface area contributed by atoms with Crippen molar-refractivity contribution in [2.24, 2.45) is 7.05 Å². The van der Waals surface area contributed by atoms with Gasteiger partial charge in [-0.3, -0.25) is 9.59 Å². The fourth-order valence-electron chi connectivity index (χ4n) is 3.12. The molecule has 2 aromatic rings. The van der Waals surface area contributed by atoms with Crippen LogP contribution in [0.5, 0.6) is 0 Å². The first-order valence-corrected chi connectivity index (χ1v) is 8.43. The predicted octanol–water partition coefficient (Wildman–Crippen LogP) is 0.726. The Morgan fingerprint density at radius 3 is 2.46 bits per heavy atom. The molecule has 26 heavy (non-hydrogen) atoms. The van der Waals surface area contributed by atoms with Gasteiger partial charge in [0.15, 0.2) is 12.3 Å². The number of hydrogen-bond acceptors (Lipinski definition) is 6. The number of aryl methyl sites for hydroxylation is 1. The summed E-state index contributed by atoms with van der Waals surface area (Å²) >= 11 is 0. The number of carbonyl (C=O) groups excluding carboxylic acids is 2. The van der Waals surface area contributed by atoms with E-state index >= 15 is 0 Å². The van der Waals surface area contributed by atoms with E-state index in [4.69, 9.17) is 9.47 Å².